The van der Waals surface area contributed by atoms with Crippen molar-refractivity contribution in [2.75, 3.05) is 6.54 Å². The Balaban J connectivity index is 3.16. The molecule has 88 valence electrons. The molecule has 0 spiro atoms. The van der Waals surface area contributed by atoms with Crippen molar-refractivity contribution in [2.45, 2.75) is 20.3 Å². The van der Waals surface area contributed by atoms with Crippen LogP contribution >= 0.6 is 0 Å². The van der Waals surface area contributed by atoms with Crippen LogP contribution in [0.1, 0.15) is 19.4 Å². The average Bonchev–Trinajstić information content (AvgIpc) is 2.20. The molecule has 0 saturated carbocycles. The zero-order chi connectivity index (χ0) is 12.3. The summed E-state index contributed by atoms with van der Waals surface area (Å²) < 4.78 is 13.5. The van der Waals surface area contributed by atoms with Gasteiger partial charge in [0.05, 0.1) is 10.5 Å². The van der Waals surface area contributed by atoms with Gasteiger partial charge in [0.1, 0.15) is 5.82 Å². The van der Waals surface area contributed by atoms with E-state index < -0.39 is 10.7 Å². The van der Waals surface area contributed by atoms with Crippen LogP contribution in [0.4, 0.5) is 10.1 Å². The Kier molecular flexibility index (Phi) is 3.59. The first-order valence-corrected chi connectivity index (χ1v) is 4.99. The van der Waals surface area contributed by atoms with Crippen LogP contribution < -0.4 is 5.73 Å². The van der Waals surface area contributed by atoms with E-state index in [0.29, 0.717) is 6.54 Å². The molecule has 16 heavy (non-hydrogen) atoms. The van der Waals surface area contributed by atoms with E-state index in [9.17, 15) is 14.5 Å². The summed E-state index contributed by atoms with van der Waals surface area (Å²) >= 11 is 0. The predicted octanol–water partition coefficient (Wildman–Crippen LogP) is 2.26. The van der Waals surface area contributed by atoms with E-state index in [4.69, 9.17) is 5.73 Å². The van der Waals surface area contributed by atoms with Crippen LogP contribution in [0.5, 0.6) is 0 Å². The van der Waals surface area contributed by atoms with Gasteiger partial charge in [-0.1, -0.05) is 19.9 Å². The molecule has 2 N–H and O–H groups in total. The molecule has 0 heterocycles. The smallest absolute Gasteiger partial charge is 0.275 e. The third-order valence-corrected chi connectivity index (χ3v) is 2.50. The zero-order valence-corrected chi connectivity index (χ0v) is 9.37. The molecule has 4 nitrogen and oxygen atoms in total. The van der Waals surface area contributed by atoms with Gasteiger partial charge in [-0.2, -0.15) is 0 Å². The van der Waals surface area contributed by atoms with Gasteiger partial charge in [-0.25, -0.2) is 4.39 Å². The van der Waals surface area contributed by atoms with E-state index in [-0.39, 0.29) is 23.1 Å². The fourth-order valence-electron chi connectivity index (χ4n) is 1.44. The molecule has 0 fully saturated rings. The van der Waals surface area contributed by atoms with Gasteiger partial charge < -0.3 is 5.73 Å². The van der Waals surface area contributed by atoms with Gasteiger partial charge >= 0.3 is 0 Å². The maximum absolute atomic E-state index is 13.5. The molecule has 1 aromatic carbocycles. The monoisotopic (exact) mass is 226 g/mol. The Morgan fingerprint density at radius 2 is 2.12 bits per heavy atom. The van der Waals surface area contributed by atoms with Gasteiger partial charge in [-0.15, -0.1) is 0 Å². The number of nitro groups is 1. The lowest BCUT2D eigenvalue weighted by molar-refractivity contribution is -0.385. The fourth-order valence-corrected chi connectivity index (χ4v) is 1.44. The van der Waals surface area contributed by atoms with Gasteiger partial charge in [0.15, 0.2) is 0 Å². The van der Waals surface area contributed by atoms with Crippen molar-refractivity contribution in [3.05, 3.63) is 39.7 Å². The lowest BCUT2D eigenvalue weighted by Crippen LogP contribution is -2.26. The molecule has 1 aromatic rings. The Hall–Kier alpha value is -1.49. The number of halogens is 1. The van der Waals surface area contributed by atoms with Crippen LogP contribution in [-0.4, -0.2) is 11.5 Å². The van der Waals surface area contributed by atoms with Crippen LogP contribution in [0.15, 0.2) is 18.2 Å². The van der Waals surface area contributed by atoms with E-state index in [0.717, 1.165) is 0 Å². The number of nitrogens with two attached hydrogens (primary N) is 1. The molecule has 0 bridgehead atoms. The first kappa shape index (κ1) is 12.6. The lowest BCUT2D eigenvalue weighted by atomic mass is 9.85. The van der Waals surface area contributed by atoms with Crippen molar-refractivity contribution in [3.63, 3.8) is 0 Å². The molecular weight excluding hydrogens is 211 g/mol. The van der Waals surface area contributed by atoms with Crippen molar-refractivity contribution in [1.82, 2.24) is 0 Å². The predicted molar refractivity (Wildman–Crippen MR) is 59.6 cm³/mol. The van der Waals surface area contributed by atoms with E-state index in [1.165, 1.54) is 18.2 Å². The van der Waals surface area contributed by atoms with Crippen molar-refractivity contribution in [3.8, 4) is 0 Å². The van der Waals surface area contributed by atoms with Crippen molar-refractivity contribution in [1.29, 1.82) is 0 Å². The summed E-state index contributed by atoms with van der Waals surface area (Å²) in [6.07, 6.45) is 0.256. The molecule has 0 aliphatic heterocycles. The van der Waals surface area contributed by atoms with E-state index in [1.54, 1.807) is 0 Å². The van der Waals surface area contributed by atoms with Crippen LogP contribution in [0.2, 0.25) is 0 Å². The molecule has 0 atom stereocenters. The second-order valence-electron chi connectivity index (χ2n) is 4.54. The van der Waals surface area contributed by atoms with Gasteiger partial charge in [-0.05, 0) is 24.4 Å². The maximum Gasteiger partial charge on any atom is 0.275 e. The Morgan fingerprint density at radius 3 is 2.62 bits per heavy atom. The van der Waals surface area contributed by atoms with Crippen LogP contribution in [-0.2, 0) is 6.42 Å². The SMILES string of the molecule is CC(C)(CN)Cc1c(F)cccc1[N+](=O)[O-]. The molecule has 5 heteroatoms. The zero-order valence-electron chi connectivity index (χ0n) is 9.37. The summed E-state index contributed by atoms with van der Waals surface area (Å²) in [6.45, 7) is 4.05. The normalized spacial score (nSPS) is 11.5. The molecule has 0 aliphatic rings. The largest absolute Gasteiger partial charge is 0.330 e. The highest BCUT2D eigenvalue weighted by Crippen LogP contribution is 2.28. The van der Waals surface area contributed by atoms with E-state index in [2.05, 4.69) is 0 Å². The summed E-state index contributed by atoms with van der Waals surface area (Å²) in [5, 5.41) is 10.8. The number of benzene rings is 1. The van der Waals surface area contributed by atoms with E-state index >= 15 is 0 Å². The standard InChI is InChI=1S/C11H15FN2O2/c1-11(2,7-13)6-8-9(12)4-3-5-10(8)14(15)16/h3-5H,6-7,13H2,1-2H3. The number of hydrogen-bond donors (Lipinski definition) is 1. The number of rotatable bonds is 4. The first-order chi connectivity index (χ1) is 7.37. The summed E-state index contributed by atoms with van der Waals surface area (Å²) in [7, 11) is 0. The summed E-state index contributed by atoms with van der Waals surface area (Å²) in [4.78, 5) is 10.2. The molecule has 0 aromatic heterocycles. The number of hydrogen-bond acceptors (Lipinski definition) is 3. The second-order valence-corrected chi connectivity index (χ2v) is 4.54. The van der Waals surface area contributed by atoms with Gasteiger partial charge in [0.25, 0.3) is 5.69 Å². The molecule has 0 amide bonds. The molecule has 0 radical (unpaired) electrons. The lowest BCUT2D eigenvalue weighted by Gasteiger charge is -2.22. The topological polar surface area (TPSA) is 69.2 Å². The van der Waals surface area contributed by atoms with Crippen molar-refractivity contribution in [2.24, 2.45) is 11.1 Å². The first-order valence-electron chi connectivity index (χ1n) is 4.99. The van der Waals surface area contributed by atoms with Crippen LogP contribution in [0, 0.1) is 21.3 Å². The Labute approximate surface area is 93.4 Å². The Morgan fingerprint density at radius 1 is 1.50 bits per heavy atom. The number of nitro benzene ring substituents is 1. The second kappa shape index (κ2) is 4.57. The Bertz CT molecular complexity index is 405. The fraction of sp³-hybridized carbons (Fsp3) is 0.455. The average molecular weight is 226 g/mol. The number of nitrogens with zero attached hydrogens (tertiary/aromatic N) is 1. The minimum Gasteiger partial charge on any atom is -0.330 e. The molecule has 0 unspecified atom stereocenters. The minimum atomic E-state index is -0.564. The minimum absolute atomic E-state index is 0.128. The summed E-state index contributed by atoms with van der Waals surface area (Å²) in [5.41, 5.74) is 5.13. The van der Waals surface area contributed by atoms with Crippen molar-refractivity contribution < 1.29 is 9.31 Å². The highest BCUT2D eigenvalue weighted by Gasteiger charge is 2.25. The van der Waals surface area contributed by atoms with Crippen LogP contribution in [0.3, 0.4) is 0 Å². The third-order valence-electron chi connectivity index (χ3n) is 2.50. The van der Waals surface area contributed by atoms with Gasteiger partial charge in [-0.3, -0.25) is 10.1 Å². The van der Waals surface area contributed by atoms with E-state index in [1.807, 2.05) is 13.8 Å². The highest BCUT2D eigenvalue weighted by atomic mass is 19.1. The molecular formula is C11H15FN2O2. The van der Waals surface area contributed by atoms with Crippen LogP contribution in [0.25, 0.3) is 0 Å². The summed E-state index contributed by atoms with van der Waals surface area (Å²) in [5.74, 6) is -0.546. The molecule has 0 aliphatic carbocycles. The highest BCUT2D eigenvalue weighted by molar-refractivity contribution is 5.41. The van der Waals surface area contributed by atoms with Gasteiger partial charge in [0.2, 0.25) is 0 Å². The maximum atomic E-state index is 13.5. The van der Waals surface area contributed by atoms with Crippen molar-refractivity contribution >= 4 is 5.69 Å². The van der Waals surface area contributed by atoms with Gasteiger partial charge in [0, 0.05) is 6.07 Å². The summed E-state index contributed by atoms with van der Waals surface area (Å²) in [6, 6.07) is 3.88. The third kappa shape index (κ3) is 2.76. The quantitative estimate of drug-likeness (QED) is 0.632. The molecule has 1 rings (SSSR count). The molecule has 0 saturated heterocycles.